The summed E-state index contributed by atoms with van der Waals surface area (Å²) in [5.74, 6) is 0.665. The number of allylic oxidation sites excluding steroid dienone is 1. The molecule has 0 spiro atoms. The lowest BCUT2D eigenvalue weighted by atomic mass is 10.1. The van der Waals surface area contributed by atoms with E-state index in [1.807, 2.05) is 0 Å². The molecule has 0 saturated carbocycles. The molecule has 7 heteroatoms. The van der Waals surface area contributed by atoms with Crippen molar-refractivity contribution in [2.24, 2.45) is 0 Å². The number of carbonyl (C=O) groups excluding carboxylic acids is 1. The van der Waals surface area contributed by atoms with E-state index in [-0.39, 0.29) is 17.2 Å². The maximum atomic E-state index is 11.9. The summed E-state index contributed by atoms with van der Waals surface area (Å²) >= 11 is 0. The van der Waals surface area contributed by atoms with Crippen LogP contribution in [0.25, 0.3) is 6.08 Å². The molecule has 3 aromatic rings. The monoisotopic (exact) mass is 347 g/mol. The van der Waals surface area contributed by atoms with Gasteiger partial charge in [0.25, 0.3) is 5.69 Å². The fourth-order valence-corrected chi connectivity index (χ4v) is 2.13. The molecule has 0 bridgehead atoms. The molecule has 0 fully saturated rings. The van der Waals surface area contributed by atoms with Crippen molar-refractivity contribution in [3.05, 3.63) is 94.6 Å². The third-order valence-corrected chi connectivity index (χ3v) is 3.39. The highest BCUT2D eigenvalue weighted by molar-refractivity contribution is 6.05. The van der Waals surface area contributed by atoms with Crippen LogP contribution in [0.3, 0.4) is 0 Å². The number of ether oxygens (including phenoxy) is 1. The number of hydrogen-bond donors (Lipinski definition) is 0. The van der Waals surface area contributed by atoms with E-state index in [2.05, 4.69) is 9.97 Å². The minimum atomic E-state index is -0.477. The van der Waals surface area contributed by atoms with Crippen molar-refractivity contribution in [1.29, 1.82) is 0 Å². The number of rotatable bonds is 6. The smallest absolute Gasteiger partial charge is 0.273 e. The number of hydrogen-bond acceptors (Lipinski definition) is 6. The predicted octanol–water partition coefficient (Wildman–Crippen LogP) is 4.07. The molecule has 0 unspecified atom stereocenters. The summed E-state index contributed by atoms with van der Waals surface area (Å²) in [7, 11) is 0. The van der Waals surface area contributed by atoms with Crippen LogP contribution >= 0.6 is 0 Å². The molecule has 1 heterocycles. The maximum Gasteiger partial charge on any atom is 0.273 e. The van der Waals surface area contributed by atoms with E-state index in [9.17, 15) is 14.9 Å². The summed E-state index contributed by atoms with van der Waals surface area (Å²) in [5.41, 5.74) is 1.03. The quantitative estimate of drug-likeness (QED) is 0.289. The van der Waals surface area contributed by atoms with Gasteiger partial charge in [0.1, 0.15) is 17.2 Å². The first-order valence-electron chi connectivity index (χ1n) is 7.62. The molecule has 0 amide bonds. The molecule has 0 aliphatic rings. The average Bonchev–Trinajstić information content (AvgIpc) is 2.68. The number of carbonyl (C=O) groups is 1. The Balaban J connectivity index is 1.67. The van der Waals surface area contributed by atoms with Crippen LogP contribution in [0.4, 0.5) is 5.69 Å². The van der Waals surface area contributed by atoms with Gasteiger partial charge in [-0.1, -0.05) is 24.3 Å². The van der Waals surface area contributed by atoms with Crippen molar-refractivity contribution >= 4 is 17.5 Å². The van der Waals surface area contributed by atoms with Crippen LogP contribution < -0.4 is 4.74 Å². The third-order valence-electron chi connectivity index (χ3n) is 3.39. The van der Waals surface area contributed by atoms with Crippen molar-refractivity contribution in [3.8, 4) is 11.5 Å². The van der Waals surface area contributed by atoms with E-state index < -0.39 is 4.92 Å². The van der Waals surface area contributed by atoms with Crippen LogP contribution in [0, 0.1) is 10.1 Å². The van der Waals surface area contributed by atoms with E-state index in [0.29, 0.717) is 11.5 Å². The minimum absolute atomic E-state index is 0.0374. The van der Waals surface area contributed by atoms with Crippen LogP contribution in [-0.2, 0) is 0 Å². The normalized spacial score (nSPS) is 10.6. The number of nitro groups is 1. The predicted molar refractivity (Wildman–Crippen MR) is 95.0 cm³/mol. The van der Waals surface area contributed by atoms with Crippen LogP contribution in [0.5, 0.6) is 11.5 Å². The van der Waals surface area contributed by atoms with Gasteiger partial charge in [0.2, 0.25) is 5.78 Å². The highest BCUT2D eigenvalue weighted by Gasteiger charge is 2.07. The average molecular weight is 347 g/mol. The van der Waals surface area contributed by atoms with Crippen molar-refractivity contribution in [1.82, 2.24) is 9.97 Å². The summed E-state index contributed by atoms with van der Waals surface area (Å²) in [5, 5.41) is 10.8. The maximum absolute atomic E-state index is 11.9. The van der Waals surface area contributed by atoms with Gasteiger partial charge in [-0.15, -0.1) is 0 Å². The van der Waals surface area contributed by atoms with Crippen molar-refractivity contribution in [2.45, 2.75) is 0 Å². The van der Waals surface area contributed by atoms with Gasteiger partial charge in [-0.25, -0.2) is 4.98 Å². The molecule has 128 valence electrons. The van der Waals surface area contributed by atoms with Crippen LogP contribution in [0.15, 0.2) is 73.2 Å². The summed E-state index contributed by atoms with van der Waals surface area (Å²) in [6.45, 7) is 0. The fourth-order valence-electron chi connectivity index (χ4n) is 2.13. The lowest BCUT2D eigenvalue weighted by Crippen LogP contribution is -1.97. The fraction of sp³-hybridized carbons (Fsp3) is 0. The number of ketones is 1. The molecule has 7 nitrogen and oxygen atoms in total. The molecule has 1 aromatic heterocycles. The number of nitrogens with zero attached hydrogens (tertiary/aromatic N) is 3. The van der Waals surface area contributed by atoms with Crippen LogP contribution in [-0.4, -0.2) is 20.7 Å². The van der Waals surface area contributed by atoms with Crippen molar-refractivity contribution in [2.75, 3.05) is 0 Å². The highest BCUT2D eigenvalue weighted by Crippen LogP contribution is 2.25. The number of non-ortho nitro benzene ring substituents is 1. The van der Waals surface area contributed by atoms with Gasteiger partial charge < -0.3 is 4.74 Å². The topological polar surface area (TPSA) is 95.2 Å². The van der Waals surface area contributed by atoms with Gasteiger partial charge in [0.15, 0.2) is 0 Å². The summed E-state index contributed by atoms with van der Waals surface area (Å²) < 4.78 is 5.61. The van der Waals surface area contributed by atoms with E-state index in [4.69, 9.17) is 4.74 Å². The number of aromatic nitrogens is 2. The second-order valence-electron chi connectivity index (χ2n) is 5.21. The Kier molecular flexibility index (Phi) is 5.09. The first kappa shape index (κ1) is 17.0. The molecule has 0 N–H and O–H groups in total. The van der Waals surface area contributed by atoms with E-state index in [1.165, 1.54) is 36.8 Å². The third kappa shape index (κ3) is 4.35. The largest absolute Gasteiger partial charge is 0.457 e. The zero-order valence-corrected chi connectivity index (χ0v) is 13.5. The Morgan fingerprint density at radius 3 is 2.58 bits per heavy atom. The lowest BCUT2D eigenvalue weighted by molar-refractivity contribution is -0.384. The Morgan fingerprint density at radius 2 is 1.88 bits per heavy atom. The second kappa shape index (κ2) is 7.80. The Bertz CT molecular complexity index is 954. The zero-order chi connectivity index (χ0) is 18.4. The zero-order valence-electron chi connectivity index (χ0n) is 13.5. The van der Waals surface area contributed by atoms with Gasteiger partial charge >= 0.3 is 0 Å². The molecule has 0 aliphatic heterocycles. The van der Waals surface area contributed by atoms with Gasteiger partial charge in [0, 0.05) is 18.5 Å². The molecule has 0 radical (unpaired) electrons. The molecule has 0 atom stereocenters. The van der Waals surface area contributed by atoms with E-state index in [1.54, 1.807) is 42.5 Å². The number of nitro benzene ring substituents is 1. The van der Waals surface area contributed by atoms with E-state index >= 15 is 0 Å². The summed E-state index contributed by atoms with van der Waals surface area (Å²) in [4.78, 5) is 30.0. The highest BCUT2D eigenvalue weighted by atomic mass is 16.6. The second-order valence-corrected chi connectivity index (χ2v) is 5.21. The Morgan fingerprint density at radius 1 is 1.08 bits per heavy atom. The van der Waals surface area contributed by atoms with Gasteiger partial charge in [-0.05, 0) is 29.8 Å². The SMILES string of the molecule is O=C(/C=C/c1ccc(Oc2cccc([N+](=O)[O-])c2)cc1)c1cnccn1. The summed E-state index contributed by atoms with van der Waals surface area (Å²) in [6, 6.07) is 12.9. The lowest BCUT2D eigenvalue weighted by Gasteiger charge is -2.05. The molecule has 0 aliphatic carbocycles. The van der Waals surface area contributed by atoms with Gasteiger partial charge in [-0.3, -0.25) is 19.9 Å². The first-order chi connectivity index (χ1) is 12.6. The molecular formula is C19H13N3O4. The van der Waals surface area contributed by atoms with E-state index in [0.717, 1.165) is 5.56 Å². The standard InChI is InChI=1S/C19H13N3O4/c23-19(18-13-20-10-11-21-18)9-6-14-4-7-16(8-5-14)26-17-3-1-2-15(12-17)22(24)25/h1-13H/b9-6+. The molecule has 26 heavy (non-hydrogen) atoms. The van der Waals surface area contributed by atoms with Gasteiger partial charge in [0.05, 0.1) is 17.2 Å². The first-order valence-corrected chi connectivity index (χ1v) is 7.62. The van der Waals surface area contributed by atoms with Crippen LogP contribution in [0.1, 0.15) is 16.1 Å². The van der Waals surface area contributed by atoms with Crippen molar-refractivity contribution < 1.29 is 14.5 Å². The van der Waals surface area contributed by atoms with Crippen molar-refractivity contribution in [3.63, 3.8) is 0 Å². The Hall–Kier alpha value is -3.87. The molecule has 0 saturated heterocycles. The molecule has 3 rings (SSSR count). The summed E-state index contributed by atoms with van der Waals surface area (Å²) in [6.07, 6.45) is 7.44. The number of benzene rings is 2. The Labute approximate surface area is 148 Å². The van der Waals surface area contributed by atoms with Crippen LogP contribution in [0.2, 0.25) is 0 Å². The minimum Gasteiger partial charge on any atom is -0.457 e. The molecular weight excluding hydrogens is 334 g/mol. The van der Waals surface area contributed by atoms with Gasteiger partial charge in [-0.2, -0.15) is 0 Å². The molecule has 2 aromatic carbocycles.